The fourth-order valence-corrected chi connectivity index (χ4v) is 2.13. The Balaban J connectivity index is 2.25. The summed E-state index contributed by atoms with van der Waals surface area (Å²) >= 11 is 4.82. The van der Waals surface area contributed by atoms with Gasteiger partial charge in [-0.15, -0.1) is 11.3 Å². The van der Waals surface area contributed by atoms with E-state index in [-0.39, 0.29) is 12.0 Å². The van der Waals surface area contributed by atoms with E-state index in [1.165, 1.54) is 11.3 Å². The van der Waals surface area contributed by atoms with Crippen molar-refractivity contribution in [1.29, 1.82) is 0 Å². The fourth-order valence-electron chi connectivity index (χ4n) is 0.990. The first-order valence-electron chi connectivity index (χ1n) is 4.73. The van der Waals surface area contributed by atoms with Crippen LogP contribution in [-0.4, -0.2) is 25.2 Å². The quantitative estimate of drug-likeness (QED) is 0.847. The monoisotopic (exact) mass is 291 g/mol. The molecular formula is C10H14BrNO2S. The minimum Gasteiger partial charge on any atom is -0.377 e. The van der Waals surface area contributed by atoms with Crippen LogP contribution in [0.4, 0.5) is 0 Å². The summed E-state index contributed by atoms with van der Waals surface area (Å²) in [7, 11) is 0. The molecule has 1 heterocycles. The Morgan fingerprint density at radius 2 is 2.40 bits per heavy atom. The van der Waals surface area contributed by atoms with E-state index in [0.717, 1.165) is 3.79 Å². The van der Waals surface area contributed by atoms with E-state index < -0.39 is 0 Å². The van der Waals surface area contributed by atoms with Crippen LogP contribution in [0.3, 0.4) is 0 Å². The van der Waals surface area contributed by atoms with Crippen LogP contribution in [0.2, 0.25) is 0 Å². The Morgan fingerprint density at radius 1 is 1.67 bits per heavy atom. The van der Waals surface area contributed by atoms with Gasteiger partial charge in [-0.1, -0.05) is 0 Å². The van der Waals surface area contributed by atoms with Gasteiger partial charge in [-0.3, -0.25) is 4.79 Å². The van der Waals surface area contributed by atoms with Crippen molar-refractivity contribution in [3.05, 3.63) is 20.8 Å². The lowest BCUT2D eigenvalue weighted by molar-refractivity contribution is 0.0747. The van der Waals surface area contributed by atoms with Gasteiger partial charge in [0.1, 0.15) is 0 Å². The molecule has 1 amide bonds. The zero-order valence-electron chi connectivity index (χ0n) is 8.75. The SMILES string of the molecule is CC(C)OCCNC(=O)c1csc(Br)c1. The molecule has 5 heteroatoms. The van der Waals surface area contributed by atoms with Gasteiger partial charge in [-0.05, 0) is 35.8 Å². The van der Waals surface area contributed by atoms with Crippen LogP contribution in [0.1, 0.15) is 24.2 Å². The zero-order valence-corrected chi connectivity index (χ0v) is 11.2. The van der Waals surface area contributed by atoms with E-state index in [0.29, 0.717) is 18.7 Å². The van der Waals surface area contributed by atoms with Gasteiger partial charge >= 0.3 is 0 Å². The molecule has 0 aliphatic heterocycles. The summed E-state index contributed by atoms with van der Waals surface area (Å²) < 4.78 is 6.28. The standard InChI is InChI=1S/C10H14BrNO2S/c1-7(2)14-4-3-12-10(13)8-5-9(11)15-6-8/h5-7H,3-4H2,1-2H3,(H,12,13). The average molecular weight is 292 g/mol. The second-order valence-electron chi connectivity index (χ2n) is 3.31. The average Bonchev–Trinajstić information content (AvgIpc) is 2.59. The molecule has 3 nitrogen and oxygen atoms in total. The van der Waals surface area contributed by atoms with Crippen molar-refractivity contribution >= 4 is 33.2 Å². The number of thiophene rings is 1. The fraction of sp³-hybridized carbons (Fsp3) is 0.500. The van der Waals surface area contributed by atoms with E-state index in [1.807, 2.05) is 25.3 Å². The maximum atomic E-state index is 11.5. The van der Waals surface area contributed by atoms with Gasteiger partial charge in [-0.25, -0.2) is 0 Å². The van der Waals surface area contributed by atoms with Crippen molar-refractivity contribution in [1.82, 2.24) is 5.32 Å². The lowest BCUT2D eigenvalue weighted by Gasteiger charge is -2.07. The highest BCUT2D eigenvalue weighted by molar-refractivity contribution is 9.11. The summed E-state index contributed by atoms with van der Waals surface area (Å²) in [4.78, 5) is 11.5. The maximum absolute atomic E-state index is 11.5. The van der Waals surface area contributed by atoms with Crippen LogP contribution in [0.25, 0.3) is 0 Å². The van der Waals surface area contributed by atoms with Gasteiger partial charge in [0.2, 0.25) is 0 Å². The van der Waals surface area contributed by atoms with Crippen molar-refractivity contribution in [3.8, 4) is 0 Å². The molecule has 15 heavy (non-hydrogen) atoms. The van der Waals surface area contributed by atoms with E-state index in [1.54, 1.807) is 0 Å². The van der Waals surface area contributed by atoms with Gasteiger partial charge in [0.05, 0.1) is 22.1 Å². The molecule has 84 valence electrons. The molecule has 0 aliphatic carbocycles. The van der Waals surface area contributed by atoms with Gasteiger partial charge in [0.25, 0.3) is 5.91 Å². The molecule has 0 unspecified atom stereocenters. The lowest BCUT2D eigenvalue weighted by Crippen LogP contribution is -2.27. The zero-order chi connectivity index (χ0) is 11.3. The van der Waals surface area contributed by atoms with Crippen LogP contribution in [-0.2, 0) is 4.74 Å². The molecule has 0 saturated carbocycles. The number of carbonyl (C=O) groups excluding carboxylic acids is 1. The van der Waals surface area contributed by atoms with Gasteiger partial charge in [0.15, 0.2) is 0 Å². The van der Waals surface area contributed by atoms with Gasteiger partial charge in [0, 0.05) is 11.9 Å². The minimum absolute atomic E-state index is 0.0516. The van der Waals surface area contributed by atoms with Crippen LogP contribution in [0, 0.1) is 0 Å². The Morgan fingerprint density at radius 3 is 2.93 bits per heavy atom. The summed E-state index contributed by atoms with van der Waals surface area (Å²) in [6.07, 6.45) is 0.206. The predicted octanol–water partition coefficient (Wildman–Crippen LogP) is 2.67. The number of nitrogens with one attached hydrogen (secondary N) is 1. The van der Waals surface area contributed by atoms with Crippen LogP contribution in [0.15, 0.2) is 15.2 Å². The van der Waals surface area contributed by atoms with Crippen molar-refractivity contribution in [2.75, 3.05) is 13.2 Å². The molecule has 0 saturated heterocycles. The number of hydrogen-bond donors (Lipinski definition) is 1. The third-order valence-corrected chi connectivity index (χ3v) is 3.17. The van der Waals surface area contributed by atoms with E-state index in [9.17, 15) is 4.79 Å². The highest BCUT2D eigenvalue weighted by Gasteiger charge is 2.06. The Hall–Kier alpha value is -0.390. The first-order chi connectivity index (χ1) is 7.09. The molecule has 1 N–H and O–H groups in total. The van der Waals surface area contributed by atoms with E-state index in [4.69, 9.17) is 4.74 Å². The molecule has 1 aromatic rings. The summed E-state index contributed by atoms with van der Waals surface area (Å²) in [5, 5.41) is 4.61. The number of ether oxygens (including phenoxy) is 1. The molecule has 1 aromatic heterocycles. The van der Waals surface area contributed by atoms with Crippen LogP contribution >= 0.6 is 27.3 Å². The number of hydrogen-bond acceptors (Lipinski definition) is 3. The molecule has 0 bridgehead atoms. The normalized spacial score (nSPS) is 10.7. The first kappa shape index (κ1) is 12.7. The lowest BCUT2D eigenvalue weighted by atomic mass is 10.3. The summed E-state index contributed by atoms with van der Waals surface area (Å²) in [5.74, 6) is -0.0516. The van der Waals surface area contributed by atoms with E-state index >= 15 is 0 Å². The largest absolute Gasteiger partial charge is 0.377 e. The Labute approximate surface area is 102 Å². The number of carbonyl (C=O) groups is 1. The summed E-state index contributed by atoms with van der Waals surface area (Å²) in [6.45, 7) is 5.04. The molecule has 0 fully saturated rings. The Kier molecular flexibility index (Phi) is 5.28. The maximum Gasteiger partial charge on any atom is 0.252 e. The third-order valence-electron chi connectivity index (χ3n) is 1.67. The first-order valence-corrected chi connectivity index (χ1v) is 6.40. The molecule has 0 radical (unpaired) electrons. The summed E-state index contributed by atoms with van der Waals surface area (Å²) in [6, 6.07) is 1.81. The van der Waals surface area contributed by atoms with Gasteiger partial charge < -0.3 is 10.1 Å². The second-order valence-corrected chi connectivity index (χ2v) is 5.61. The van der Waals surface area contributed by atoms with Crippen molar-refractivity contribution in [3.63, 3.8) is 0 Å². The molecule has 0 spiro atoms. The highest BCUT2D eigenvalue weighted by Crippen LogP contribution is 2.20. The molecular weight excluding hydrogens is 278 g/mol. The van der Waals surface area contributed by atoms with Crippen molar-refractivity contribution in [2.24, 2.45) is 0 Å². The van der Waals surface area contributed by atoms with Crippen molar-refractivity contribution < 1.29 is 9.53 Å². The number of rotatable bonds is 5. The molecule has 0 aromatic carbocycles. The topological polar surface area (TPSA) is 38.3 Å². The van der Waals surface area contributed by atoms with E-state index in [2.05, 4.69) is 21.2 Å². The van der Waals surface area contributed by atoms with Crippen LogP contribution in [0.5, 0.6) is 0 Å². The summed E-state index contributed by atoms with van der Waals surface area (Å²) in [5.41, 5.74) is 0.691. The van der Waals surface area contributed by atoms with Gasteiger partial charge in [-0.2, -0.15) is 0 Å². The molecule has 0 aliphatic rings. The van der Waals surface area contributed by atoms with Crippen LogP contribution < -0.4 is 5.32 Å². The predicted molar refractivity (Wildman–Crippen MR) is 65.4 cm³/mol. The smallest absolute Gasteiger partial charge is 0.252 e. The Bertz CT molecular complexity index is 325. The van der Waals surface area contributed by atoms with Crippen molar-refractivity contribution in [2.45, 2.75) is 20.0 Å². The second kappa shape index (κ2) is 6.25. The highest BCUT2D eigenvalue weighted by atomic mass is 79.9. The third kappa shape index (κ3) is 4.77. The number of halogens is 1. The molecule has 0 atom stereocenters. The molecule has 1 rings (SSSR count). The minimum atomic E-state index is -0.0516. The number of amides is 1.